The van der Waals surface area contributed by atoms with Crippen LogP contribution in [0.15, 0.2) is 60.9 Å². The number of anilines is 4. The van der Waals surface area contributed by atoms with Gasteiger partial charge in [-0.1, -0.05) is 56.3 Å². The number of hydrogen-bond acceptors (Lipinski definition) is 5. The van der Waals surface area contributed by atoms with Gasteiger partial charge in [0.1, 0.15) is 12.0 Å². The quantitative estimate of drug-likeness (QED) is 0.583. The zero-order valence-corrected chi connectivity index (χ0v) is 15.2. The molecule has 2 aromatic carbocycles. The molecule has 3 rings (SSSR count). The number of nitrogens with one attached hydrogen (secondary N) is 2. The lowest BCUT2D eigenvalue weighted by molar-refractivity contribution is 0.867. The van der Waals surface area contributed by atoms with E-state index in [2.05, 4.69) is 58.7 Å². The Morgan fingerprint density at radius 1 is 0.923 bits per heavy atom. The summed E-state index contributed by atoms with van der Waals surface area (Å²) in [4.78, 5) is 8.53. The Hall–Kier alpha value is -3.08. The largest absolute Gasteiger partial charge is 0.393 e. The van der Waals surface area contributed by atoms with E-state index in [4.69, 9.17) is 5.73 Å². The minimum Gasteiger partial charge on any atom is -0.393 e. The second kappa shape index (κ2) is 8.34. The van der Waals surface area contributed by atoms with E-state index < -0.39 is 0 Å². The van der Waals surface area contributed by atoms with Crippen molar-refractivity contribution in [2.45, 2.75) is 26.2 Å². The number of aromatic nitrogens is 2. The van der Waals surface area contributed by atoms with Crippen LogP contribution in [-0.4, -0.2) is 16.5 Å². The minimum atomic E-state index is 0.508. The molecule has 26 heavy (non-hydrogen) atoms. The molecule has 0 atom stereocenters. The van der Waals surface area contributed by atoms with Crippen molar-refractivity contribution in [2.75, 3.05) is 22.9 Å². The van der Waals surface area contributed by atoms with Gasteiger partial charge in [-0.15, -0.1) is 0 Å². The second-order valence-electron chi connectivity index (χ2n) is 6.55. The van der Waals surface area contributed by atoms with Gasteiger partial charge in [0.2, 0.25) is 0 Å². The third-order valence-electron chi connectivity index (χ3n) is 4.27. The number of nitrogens with two attached hydrogens (primary N) is 1. The van der Waals surface area contributed by atoms with E-state index in [0.717, 1.165) is 18.7 Å². The Morgan fingerprint density at radius 3 is 2.31 bits per heavy atom. The molecule has 3 aromatic rings. The molecule has 134 valence electrons. The molecule has 4 N–H and O–H groups in total. The molecule has 0 radical (unpaired) electrons. The smallest absolute Gasteiger partial charge is 0.159 e. The first kappa shape index (κ1) is 17.7. The van der Waals surface area contributed by atoms with Crippen LogP contribution in [0.3, 0.4) is 0 Å². The highest BCUT2D eigenvalue weighted by molar-refractivity contribution is 5.77. The Bertz CT molecular complexity index is 829. The number of benzene rings is 2. The Morgan fingerprint density at radius 2 is 1.62 bits per heavy atom. The van der Waals surface area contributed by atoms with Crippen LogP contribution >= 0.6 is 0 Å². The van der Waals surface area contributed by atoms with Crippen molar-refractivity contribution in [3.8, 4) is 0 Å². The van der Waals surface area contributed by atoms with Crippen LogP contribution < -0.4 is 16.4 Å². The Labute approximate surface area is 154 Å². The van der Waals surface area contributed by atoms with Crippen LogP contribution in [0.1, 0.15) is 30.9 Å². The number of rotatable bonds is 7. The molecule has 0 aliphatic rings. The molecule has 0 aliphatic heterocycles. The number of hydrogen-bond donors (Lipinski definition) is 3. The van der Waals surface area contributed by atoms with Gasteiger partial charge in [-0.2, -0.15) is 0 Å². The fourth-order valence-electron chi connectivity index (χ4n) is 2.69. The highest BCUT2D eigenvalue weighted by Gasteiger charge is 2.08. The van der Waals surface area contributed by atoms with Crippen LogP contribution in [0.25, 0.3) is 0 Å². The predicted molar refractivity (Wildman–Crippen MR) is 109 cm³/mol. The van der Waals surface area contributed by atoms with Crippen molar-refractivity contribution >= 4 is 23.0 Å². The Balaban J connectivity index is 1.64. The topological polar surface area (TPSA) is 75.9 Å². The van der Waals surface area contributed by atoms with E-state index in [0.29, 0.717) is 23.2 Å². The first-order valence-corrected chi connectivity index (χ1v) is 8.88. The Kier molecular flexibility index (Phi) is 5.69. The highest BCUT2D eigenvalue weighted by atomic mass is 15.1. The van der Waals surface area contributed by atoms with Crippen LogP contribution in [0.4, 0.5) is 23.0 Å². The summed E-state index contributed by atoms with van der Waals surface area (Å²) in [6.45, 7) is 5.12. The van der Waals surface area contributed by atoms with Crippen LogP contribution in [0, 0.1) is 0 Å². The summed E-state index contributed by atoms with van der Waals surface area (Å²) in [5.41, 5.74) is 10.3. The molecule has 0 amide bonds. The van der Waals surface area contributed by atoms with Crippen molar-refractivity contribution in [3.05, 3.63) is 72.1 Å². The fraction of sp³-hybridized carbons (Fsp3) is 0.238. The number of nitrogen functional groups attached to an aromatic ring is 1. The summed E-state index contributed by atoms with van der Waals surface area (Å²) in [6, 6.07) is 18.6. The second-order valence-corrected chi connectivity index (χ2v) is 6.55. The monoisotopic (exact) mass is 347 g/mol. The zero-order chi connectivity index (χ0) is 18.4. The maximum atomic E-state index is 6.24. The lowest BCUT2D eigenvalue weighted by Crippen LogP contribution is -2.10. The molecule has 0 fully saturated rings. The predicted octanol–water partition coefficient (Wildman–Crippen LogP) is 4.58. The van der Waals surface area contributed by atoms with Gasteiger partial charge in [0.15, 0.2) is 11.6 Å². The molecular formula is C21H25N5. The maximum absolute atomic E-state index is 6.24. The summed E-state index contributed by atoms with van der Waals surface area (Å²) < 4.78 is 0. The van der Waals surface area contributed by atoms with E-state index in [1.54, 1.807) is 0 Å². The molecule has 5 nitrogen and oxygen atoms in total. The van der Waals surface area contributed by atoms with Crippen molar-refractivity contribution < 1.29 is 0 Å². The number of nitrogens with zero attached hydrogens (tertiary/aromatic N) is 2. The van der Waals surface area contributed by atoms with Crippen LogP contribution in [0.5, 0.6) is 0 Å². The SMILES string of the molecule is CC(C)c1ccc(Nc2ncnc(NCCc3ccccc3)c2N)cc1. The standard InChI is InChI=1S/C21H25N5/c1-15(2)17-8-10-18(11-9-17)26-21-19(22)20(24-14-25-21)23-13-12-16-6-4-3-5-7-16/h3-11,14-15H,12-13,22H2,1-2H3,(H2,23,24,25,26). The summed E-state index contributed by atoms with van der Waals surface area (Å²) in [7, 11) is 0. The van der Waals surface area contributed by atoms with Crippen molar-refractivity contribution in [2.24, 2.45) is 0 Å². The molecule has 0 bridgehead atoms. The van der Waals surface area contributed by atoms with Gasteiger partial charge in [0.25, 0.3) is 0 Å². The fourth-order valence-corrected chi connectivity index (χ4v) is 2.69. The van der Waals surface area contributed by atoms with Crippen molar-refractivity contribution in [1.82, 2.24) is 9.97 Å². The third-order valence-corrected chi connectivity index (χ3v) is 4.27. The summed E-state index contributed by atoms with van der Waals surface area (Å²) in [6.07, 6.45) is 2.43. The van der Waals surface area contributed by atoms with Gasteiger partial charge in [-0.25, -0.2) is 9.97 Å². The van der Waals surface area contributed by atoms with Gasteiger partial charge in [0, 0.05) is 12.2 Å². The van der Waals surface area contributed by atoms with Gasteiger partial charge >= 0.3 is 0 Å². The molecule has 5 heteroatoms. The lowest BCUT2D eigenvalue weighted by atomic mass is 10.0. The third kappa shape index (κ3) is 4.51. The minimum absolute atomic E-state index is 0.508. The molecule has 0 saturated carbocycles. The first-order chi connectivity index (χ1) is 12.6. The average molecular weight is 347 g/mol. The van der Waals surface area contributed by atoms with Crippen LogP contribution in [-0.2, 0) is 6.42 Å². The zero-order valence-electron chi connectivity index (χ0n) is 15.2. The first-order valence-electron chi connectivity index (χ1n) is 8.88. The van der Waals surface area contributed by atoms with E-state index >= 15 is 0 Å². The molecule has 0 aliphatic carbocycles. The van der Waals surface area contributed by atoms with Crippen molar-refractivity contribution in [1.29, 1.82) is 0 Å². The summed E-state index contributed by atoms with van der Waals surface area (Å²) >= 11 is 0. The van der Waals surface area contributed by atoms with Crippen molar-refractivity contribution in [3.63, 3.8) is 0 Å². The molecule has 0 unspecified atom stereocenters. The lowest BCUT2D eigenvalue weighted by Gasteiger charge is -2.13. The molecular weight excluding hydrogens is 322 g/mol. The van der Waals surface area contributed by atoms with Gasteiger partial charge in [-0.3, -0.25) is 0 Å². The van der Waals surface area contributed by atoms with E-state index in [-0.39, 0.29) is 0 Å². The van der Waals surface area contributed by atoms with E-state index in [1.165, 1.54) is 17.5 Å². The molecule has 0 saturated heterocycles. The highest BCUT2D eigenvalue weighted by Crippen LogP contribution is 2.26. The molecule has 1 aromatic heterocycles. The average Bonchev–Trinajstić information content (AvgIpc) is 2.66. The van der Waals surface area contributed by atoms with E-state index in [9.17, 15) is 0 Å². The molecule has 1 heterocycles. The molecule has 0 spiro atoms. The van der Waals surface area contributed by atoms with Gasteiger partial charge < -0.3 is 16.4 Å². The summed E-state index contributed by atoms with van der Waals surface area (Å²) in [5.74, 6) is 1.77. The van der Waals surface area contributed by atoms with Gasteiger partial charge in [-0.05, 0) is 35.6 Å². The van der Waals surface area contributed by atoms with Crippen LogP contribution in [0.2, 0.25) is 0 Å². The van der Waals surface area contributed by atoms with E-state index in [1.807, 2.05) is 30.3 Å². The normalized spacial score (nSPS) is 10.7. The maximum Gasteiger partial charge on any atom is 0.159 e. The van der Waals surface area contributed by atoms with Gasteiger partial charge in [0.05, 0.1) is 0 Å². The summed E-state index contributed by atoms with van der Waals surface area (Å²) in [5, 5.41) is 6.57.